The maximum atomic E-state index is 13.2. The van der Waals surface area contributed by atoms with Gasteiger partial charge >= 0.3 is 0 Å². The Balaban J connectivity index is 2.12. The van der Waals surface area contributed by atoms with Crippen LogP contribution in [-0.2, 0) is 11.3 Å². The molecule has 0 bridgehead atoms. The molecule has 0 saturated heterocycles. The third-order valence-corrected chi connectivity index (χ3v) is 5.08. The molecule has 2 amide bonds. The molecule has 0 aliphatic heterocycles. The number of nitrogens with one attached hydrogen (secondary N) is 1. The molecule has 2 heterocycles. The van der Waals surface area contributed by atoms with Crippen LogP contribution in [0.3, 0.4) is 0 Å². The van der Waals surface area contributed by atoms with Crippen molar-refractivity contribution in [2.75, 3.05) is 13.1 Å². The zero-order chi connectivity index (χ0) is 22.0. The van der Waals surface area contributed by atoms with Crippen LogP contribution in [0.1, 0.15) is 56.5 Å². The van der Waals surface area contributed by atoms with E-state index in [0.29, 0.717) is 30.8 Å². The standard InChI is InChI=1S/C21H29N5O4/c1-5-24(6-2)16(27)10-7-14-11-22-26-19(14)25(12-13(3)4)20(29)17(21(26)30)18(28)23-15-8-9-15/h7,10-11,13,15,30H,5-6,8-9,12H2,1-4H3,(H,23,28). The summed E-state index contributed by atoms with van der Waals surface area (Å²) < 4.78 is 2.63. The number of hydrogen-bond acceptors (Lipinski definition) is 5. The summed E-state index contributed by atoms with van der Waals surface area (Å²) in [6, 6.07) is 0.0488. The maximum absolute atomic E-state index is 13.2. The maximum Gasteiger partial charge on any atom is 0.270 e. The summed E-state index contributed by atoms with van der Waals surface area (Å²) in [5.41, 5.74) is -0.0274. The Morgan fingerprint density at radius 2 is 2.00 bits per heavy atom. The number of nitrogens with zero attached hydrogens (tertiary/aromatic N) is 4. The summed E-state index contributed by atoms with van der Waals surface area (Å²) in [5.74, 6) is -1.13. The molecule has 30 heavy (non-hydrogen) atoms. The number of aromatic hydroxyl groups is 1. The van der Waals surface area contributed by atoms with Crippen LogP contribution in [0.15, 0.2) is 17.1 Å². The van der Waals surface area contributed by atoms with Crippen molar-refractivity contribution in [1.29, 1.82) is 0 Å². The van der Waals surface area contributed by atoms with Crippen LogP contribution in [0.2, 0.25) is 0 Å². The van der Waals surface area contributed by atoms with Gasteiger partial charge in [0.1, 0.15) is 5.65 Å². The number of aromatic nitrogens is 3. The highest BCUT2D eigenvalue weighted by Gasteiger charge is 2.29. The molecule has 0 unspecified atom stereocenters. The molecule has 0 spiro atoms. The first-order valence-corrected chi connectivity index (χ1v) is 10.4. The van der Waals surface area contributed by atoms with Gasteiger partial charge in [-0.15, -0.1) is 0 Å². The molecule has 3 rings (SSSR count). The van der Waals surface area contributed by atoms with E-state index >= 15 is 0 Å². The van der Waals surface area contributed by atoms with E-state index in [0.717, 1.165) is 12.8 Å². The van der Waals surface area contributed by atoms with Crippen molar-refractivity contribution in [2.45, 2.75) is 53.1 Å². The zero-order valence-electron chi connectivity index (χ0n) is 17.9. The minimum absolute atomic E-state index is 0.0488. The molecule has 9 nitrogen and oxygen atoms in total. The summed E-state index contributed by atoms with van der Waals surface area (Å²) in [4.78, 5) is 39.8. The zero-order valence-corrected chi connectivity index (χ0v) is 17.9. The van der Waals surface area contributed by atoms with Crippen LogP contribution < -0.4 is 10.9 Å². The fourth-order valence-electron chi connectivity index (χ4n) is 3.35. The van der Waals surface area contributed by atoms with Crippen LogP contribution in [0, 0.1) is 5.92 Å². The molecular formula is C21H29N5O4. The number of carbonyl (C=O) groups is 2. The van der Waals surface area contributed by atoms with Crippen molar-refractivity contribution in [3.05, 3.63) is 33.8 Å². The summed E-state index contributed by atoms with van der Waals surface area (Å²) in [6.07, 6.45) is 6.22. The third-order valence-electron chi connectivity index (χ3n) is 5.08. The number of fused-ring (bicyclic) bond motifs is 1. The molecule has 0 radical (unpaired) electrons. The van der Waals surface area contributed by atoms with Crippen molar-refractivity contribution >= 4 is 23.5 Å². The summed E-state index contributed by atoms with van der Waals surface area (Å²) in [5, 5.41) is 17.6. The van der Waals surface area contributed by atoms with Crippen LogP contribution in [0.25, 0.3) is 11.7 Å². The van der Waals surface area contributed by atoms with E-state index in [1.807, 2.05) is 27.7 Å². The van der Waals surface area contributed by atoms with Crippen LogP contribution >= 0.6 is 0 Å². The summed E-state index contributed by atoms with van der Waals surface area (Å²) >= 11 is 0. The first-order valence-electron chi connectivity index (χ1n) is 10.4. The largest absolute Gasteiger partial charge is 0.492 e. The van der Waals surface area contributed by atoms with Gasteiger partial charge < -0.3 is 15.3 Å². The Bertz CT molecular complexity index is 1040. The smallest absolute Gasteiger partial charge is 0.270 e. The molecule has 2 N–H and O–H groups in total. The molecular weight excluding hydrogens is 386 g/mol. The second kappa shape index (κ2) is 8.73. The molecule has 162 valence electrons. The van der Waals surface area contributed by atoms with Gasteiger partial charge in [-0.05, 0) is 38.7 Å². The molecule has 2 aromatic rings. The Hall–Kier alpha value is -3.10. The summed E-state index contributed by atoms with van der Waals surface area (Å²) in [7, 11) is 0. The van der Waals surface area contributed by atoms with Gasteiger partial charge in [0, 0.05) is 37.3 Å². The van der Waals surface area contributed by atoms with Gasteiger partial charge in [0.2, 0.25) is 11.8 Å². The minimum Gasteiger partial charge on any atom is -0.492 e. The highest BCUT2D eigenvalue weighted by atomic mass is 16.3. The fraction of sp³-hybridized carbons (Fsp3) is 0.524. The van der Waals surface area contributed by atoms with Gasteiger partial charge in [-0.1, -0.05) is 13.8 Å². The van der Waals surface area contributed by atoms with Gasteiger partial charge in [-0.2, -0.15) is 9.61 Å². The quantitative estimate of drug-likeness (QED) is 0.637. The lowest BCUT2D eigenvalue weighted by Gasteiger charge is -2.16. The molecule has 1 aliphatic carbocycles. The van der Waals surface area contributed by atoms with E-state index in [4.69, 9.17) is 0 Å². The Morgan fingerprint density at radius 1 is 1.33 bits per heavy atom. The molecule has 1 aliphatic rings. The highest BCUT2D eigenvalue weighted by molar-refractivity contribution is 5.97. The lowest BCUT2D eigenvalue weighted by Crippen LogP contribution is -2.36. The van der Waals surface area contributed by atoms with E-state index in [1.165, 1.54) is 21.4 Å². The van der Waals surface area contributed by atoms with E-state index in [1.54, 1.807) is 11.0 Å². The number of rotatable bonds is 8. The van der Waals surface area contributed by atoms with Crippen LogP contribution in [0.4, 0.5) is 0 Å². The second-order valence-corrected chi connectivity index (χ2v) is 7.94. The SMILES string of the molecule is CCN(CC)C(=O)C=Cc1cnn2c(O)c(C(=O)NC3CC3)c(=O)n(CC(C)C)c12. The predicted molar refractivity (Wildman–Crippen MR) is 113 cm³/mol. The minimum atomic E-state index is -0.594. The lowest BCUT2D eigenvalue weighted by molar-refractivity contribution is -0.125. The van der Waals surface area contributed by atoms with Gasteiger partial charge in [0.05, 0.1) is 6.20 Å². The number of likely N-dealkylation sites (N-methyl/N-ethyl adjacent to an activating group) is 1. The van der Waals surface area contributed by atoms with Crippen molar-refractivity contribution in [3.8, 4) is 5.88 Å². The topological polar surface area (TPSA) is 109 Å². The molecule has 2 aromatic heterocycles. The monoisotopic (exact) mass is 415 g/mol. The van der Waals surface area contributed by atoms with Crippen molar-refractivity contribution in [2.24, 2.45) is 5.92 Å². The molecule has 0 aromatic carbocycles. The Labute approximate surface area is 175 Å². The van der Waals surface area contributed by atoms with Crippen molar-refractivity contribution < 1.29 is 14.7 Å². The van der Waals surface area contributed by atoms with Gasteiger partial charge in [-0.25, -0.2) is 0 Å². The van der Waals surface area contributed by atoms with Gasteiger partial charge in [-0.3, -0.25) is 19.0 Å². The molecule has 9 heteroatoms. The normalized spacial score (nSPS) is 14.0. The lowest BCUT2D eigenvalue weighted by atomic mass is 10.2. The highest BCUT2D eigenvalue weighted by Crippen LogP contribution is 2.23. The predicted octanol–water partition coefficient (Wildman–Crippen LogP) is 1.63. The first-order chi connectivity index (χ1) is 14.3. The first kappa shape index (κ1) is 21.6. The molecule has 1 saturated carbocycles. The molecule has 1 fully saturated rings. The number of carbonyl (C=O) groups excluding carboxylic acids is 2. The van der Waals surface area contributed by atoms with Crippen LogP contribution in [0.5, 0.6) is 5.88 Å². The van der Waals surface area contributed by atoms with E-state index in [9.17, 15) is 19.5 Å². The Kier molecular flexibility index (Phi) is 6.28. The Morgan fingerprint density at radius 3 is 2.57 bits per heavy atom. The van der Waals surface area contributed by atoms with Crippen LogP contribution in [-0.4, -0.2) is 55.1 Å². The average molecular weight is 415 g/mol. The van der Waals surface area contributed by atoms with E-state index in [-0.39, 0.29) is 23.4 Å². The number of amides is 2. The van der Waals surface area contributed by atoms with E-state index in [2.05, 4.69) is 10.4 Å². The summed E-state index contributed by atoms with van der Waals surface area (Å²) in [6.45, 7) is 9.22. The third kappa shape index (κ3) is 4.24. The van der Waals surface area contributed by atoms with E-state index < -0.39 is 17.3 Å². The van der Waals surface area contributed by atoms with Crippen molar-refractivity contribution in [3.63, 3.8) is 0 Å². The fourth-order valence-corrected chi connectivity index (χ4v) is 3.35. The van der Waals surface area contributed by atoms with Crippen molar-refractivity contribution in [1.82, 2.24) is 24.4 Å². The average Bonchev–Trinajstić information content (AvgIpc) is 3.40. The molecule has 0 atom stereocenters. The van der Waals surface area contributed by atoms with Gasteiger partial charge in [0.15, 0.2) is 5.56 Å². The van der Waals surface area contributed by atoms with Gasteiger partial charge in [0.25, 0.3) is 11.5 Å². The number of hydrogen-bond donors (Lipinski definition) is 2. The second-order valence-electron chi connectivity index (χ2n) is 7.94.